The van der Waals surface area contributed by atoms with Crippen LogP contribution in [0.3, 0.4) is 0 Å². The van der Waals surface area contributed by atoms with E-state index in [2.05, 4.69) is 31.1 Å². The molecule has 0 saturated carbocycles. The third kappa shape index (κ3) is 4.90. The average molecular weight is 248 g/mol. The first-order valence-corrected chi connectivity index (χ1v) is 6.50. The maximum absolute atomic E-state index is 5.63. The first-order valence-electron chi connectivity index (χ1n) is 6.50. The summed E-state index contributed by atoms with van der Waals surface area (Å²) in [6.45, 7) is 8.80. The summed E-state index contributed by atoms with van der Waals surface area (Å²) >= 11 is 0. The maximum atomic E-state index is 5.63. The Labute approximate surface area is 110 Å². The monoisotopic (exact) mass is 248 g/mol. The lowest BCUT2D eigenvalue weighted by molar-refractivity contribution is 0.316. The highest BCUT2D eigenvalue weighted by Crippen LogP contribution is 2.23. The molecule has 0 spiro atoms. The lowest BCUT2D eigenvalue weighted by Crippen LogP contribution is -2.28. The second kappa shape index (κ2) is 7.90. The van der Waals surface area contributed by atoms with Gasteiger partial charge < -0.3 is 4.74 Å². The van der Waals surface area contributed by atoms with Gasteiger partial charge in [-0.2, -0.15) is 0 Å². The van der Waals surface area contributed by atoms with E-state index in [9.17, 15) is 0 Å². The van der Waals surface area contributed by atoms with Crippen LogP contribution in [0.5, 0.6) is 5.75 Å². The Hall–Kier alpha value is -1.32. The van der Waals surface area contributed by atoms with Crippen LogP contribution in [0.25, 0.3) is 0 Å². The molecule has 1 unspecified atom stereocenters. The lowest BCUT2D eigenvalue weighted by atomic mass is 10.0. The average Bonchev–Trinajstić information content (AvgIpc) is 2.37. The Morgan fingerprint density at radius 2 is 2.28 bits per heavy atom. The number of benzene rings is 1. The zero-order valence-corrected chi connectivity index (χ0v) is 11.4. The van der Waals surface area contributed by atoms with E-state index in [0.717, 1.165) is 37.2 Å². The molecule has 0 aliphatic carbocycles. The molecule has 0 aliphatic rings. The van der Waals surface area contributed by atoms with E-state index >= 15 is 0 Å². The molecule has 1 rings (SSSR count). The lowest BCUT2D eigenvalue weighted by Gasteiger charge is -2.17. The standard InChI is InChI=1S/C15H24N2O/c1-4-10-18-14-7-5-6-13(11-14)15(17-16)9-8-12(2)3/h5-7,11,15,17H,2,4,8-10,16H2,1,3H3. The molecular formula is C15H24N2O. The van der Waals surface area contributed by atoms with Gasteiger partial charge in [0.15, 0.2) is 0 Å². The van der Waals surface area contributed by atoms with Crippen molar-refractivity contribution in [3.8, 4) is 5.75 Å². The molecule has 0 aromatic heterocycles. The van der Waals surface area contributed by atoms with Crippen molar-refractivity contribution >= 4 is 0 Å². The van der Waals surface area contributed by atoms with Gasteiger partial charge in [0.05, 0.1) is 6.61 Å². The Balaban J connectivity index is 2.69. The SMILES string of the molecule is C=C(C)CCC(NN)c1cccc(OCCC)c1. The summed E-state index contributed by atoms with van der Waals surface area (Å²) in [6, 6.07) is 8.25. The van der Waals surface area contributed by atoms with E-state index in [0.29, 0.717) is 0 Å². The van der Waals surface area contributed by atoms with Crippen molar-refractivity contribution in [1.82, 2.24) is 5.43 Å². The number of nitrogens with two attached hydrogens (primary N) is 1. The van der Waals surface area contributed by atoms with Gasteiger partial charge in [-0.25, -0.2) is 0 Å². The topological polar surface area (TPSA) is 47.3 Å². The van der Waals surface area contributed by atoms with Crippen LogP contribution in [0.2, 0.25) is 0 Å². The molecule has 1 aromatic rings. The van der Waals surface area contributed by atoms with Crippen molar-refractivity contribution < 1.29 is 4.74 Å². The summed E-state index contributed by atoms with van der Waals surface area (Å²) in [5.74, 6) is 6.53. The Bertz CT molecular complexity index is 377. The van der Waals surface area contributed by atoms with Gasteiger partial charge in [-0.3, -0.25) is 11.3 Å². The number of ether oxygens (including phenoxy) is 1. The van der Waals surface area contributed by atoms with Crippen LogP contribution >= 0.6 is 0 Å². The van der Waals surface area contributed by atoms with Crippen LogP contribution in [0.1, 0.15) is 44.7 Å². The van der Waals surface area contributed by atoms with Crippen molar-refractivity contribution in [2.75, 3.05) is 6.61 Å². The largest absolute Gasteiger partial charge is 0.494 e. The molecule has 18 heavy (non-hydrogen) atoms. The van der Waals surface area contributed by atoms with Gasteiger partial charge in [0.25, 0.3) is 0 Å². The number of nitrogens with one attached hydrogen (secondary N) is 1. The first-order chi connectivity index (χ1) is 8.67. The Morgan fingerprint density at radius 1 is 1.50 bits per heavy atom. The third-order valence-corrected chi connectivity index (χ3v) is 2.79. The van der Waals surface area contributed by atoms with Crippen LogP contribution in [0, 0.1) is 0 Å². The fraction of sp³-hybridized carbons (Fsp3) is 0.467. The fourth-order valence-electron chi connectivity index (χ4n) is 1.78. The molecule has 1 aromatic carbocycles. The Kier molecular flexibility index (Phi) is 6.47. The molecule has 3 N–H and O–H groups in total. The number of allylic oxidation sites excluding steroid dienone is 1. The molecule has 100 valence electrons. The maximum Gasteiger partial charge on any atom is 0.119 e. The highest BCUT2D eigenvalue weighted by Gasteiger charge is 2.10. The van der Waals surface area contributed by atoms with Crippen molar-refractivity contribution in [2.24, 2.45) is 5.84 Å². The molecule has 3 nitrogen and oxygen atoms in total. The first kappa shape index (κ1) is 14.7. The smallest absolute Gasteiger partial charge is 0.119 e. The van der Waals surface area contributed by atoms with Crippen LogP contribution in [0.15, 0.2) is 36.4 Å². The summed E-state index contributed by atoms with van der Waals surface area (Å²) in [5, 5.41) is 0. The Morgan fingerprint density at radius 3 is 2.89 bits per heavy atom. The summed E-state index contributed by atoms with van der Waals surface area (Å²) < 4.78 is 5.63. The van der Waals surface area contributed by atoms with E-state index in [-0.39, 0.29) is 6.04 Å². The normalized spacial score (nSPS) is 12.2. The van der Waals surface area contributed by atoms with Gasteiger partial charge in [-0.1, -0.05) is 24.6 Å². The van der Waals surface area contributed by atoms with Crippen LogP contribution in [-0.2, 0) is 0 Å². The molecule has 0 saturated heterocycles. The zero-order valence-electron chi connectivity index (χ0n) is 11.4. The van der Waals surface area contributed by atoms with Gasteiger partial charge in [-0.15, -0.1) is 6.58 Å². The van der Waals surface area contributed by atoms with Crippen molar-refractivity contribution in [3.63, 3.8) is 0 Å². The van der Waals surface area contributed by atoms with Crippen molar-refractivity contribution in [1.29, 1.82) is 0 Å². The van der Waals surface area contributed by atoms with E-state index in [1.807, 2.05) is 19.1 Å². The molecule has 0 bridgehead atoms. The second-order valence-corrected chi connectivity index (χ2v) is 4.64. The minimum Gasteiger partial charge on any atom is -0.494 e. The molecule has 0 radical (unpaired) electrons. The predicted molar refractivity (Wildman–Crippen MR) is 76.3 cm³/mol. The van der Waals surface area contributed by atoms with Gasteiger partial charge in [0.1, 0.15) is 5.75 Å². The summed E-state index contributed by atoms with van der Waals surface area (Å²) in [4.78, 5) is 0. The van der Waals surface area contributed by atoms with E-state index in [4.69, 9.17) is 10.6 Å². The van der Waals surface area contributed by atoms with Gasteiger partial charge in [-0.05, 0) is 43.9 Å². The quantitative estimate of drug-likeness (QED) is 0.421. The molecule has 0 heterocycles. The zero-order chi connectivity index (χ0) is 13.4. The van der Waals surface area contributed by atoms with Gasteiger partial charge in [0, 0.05) is 6.04 Å². The number of hydrazine groups is 1. The van der Waals surface area contributed by atoms with E-state index < -0.39 is 0 Å². The van der Waals surface area contributed by atoms with Crippen LogP contribution < -0.4 is 16.0 Å². The molecule has 0 amide bonds. The number of hydrogen-bond donors (Lipinski definition) is 2. The molecule has 0 fully saturated rings. The van der Waals surface area contributed by atoms with E-state index in [1.165, 1.54) is 5.57 Å². The number of hydrogen-bond acceptors (Lipinski definition) is 3. The highest BCUT2D eigenvalue weighted by molar-refractivity contribution is 5.30. The van der Waals surface area contributed by atoms with Crippen LogP contribution in [0.4, 0.5) is 0 Å². The summed E-state index contributed by atoms with van der Waals surface area (Å²) in [7, 11) is 0. The second-order valence-electron chi connectivity index (χ2n) is 4.64. The van der Waals surface area contributed by atoms with E-state index in [1.54, 1.807) is 0 Å². The minimum atomic E-state index is 0.145. The predicted octanol–water partition coefficient (Wildman–Crippen LogP) is 3.34. The minimum absolute atomic E-state index is 0.145. The molecule has 3 heteroatoms. The number of rotatable bonds is 8. The van der Waals surface area contributed by atoms with Crippen molar-refractivity contribution in [2.45, 2.75) is 39.2 Å². The van der Waals surface area contributed by atoms with Crippen LogP contribution in [-0.4, -0.2) is 6.61 Å². The van der Waals surface area contributed by atoms with Gasteiger partial charge >= 0.3 is 0 Å². The van der Waals surface area contributed by atoms with Crippen molar-refractivity contribution in [3.05, 3.63) is 42.0 Å². The summed E-state index contributed by atoms with van der Waals surface area (Å²) in [6.07, 6.45) is 2.93. The van der Waals surface area contributed by atoms with Gasteiger partial charge in [0.2, 0.25) is 0 Å². The molecule has 0 aliphatic heterocycles. The molecular weight excluding hydrogens is 224 g/mol. The highest BCUT2D eigenvalue weighted by atomic mass is 16.5. The molecule has 1 atom stereocenters. The summed E-state index contributed by atoms with van der Waals surface area (Å²) in [5.41, 5.74) is 5.19. The fourth-order valence-corrected chi connectivity index (χ4v) is 1.78. The third-order valence-electron chi connectivity index (χ3n) is 2.79.